The quantitative estimate of drug-likeness (QED) is 0.509. The van der Waals surface area contributed by atoms with Crippen LogP contribution in [0.5, 0.6) is 0 Å². The summed E-state index contributed by atoms with van der Waals surface area (Å²) < 4.78 is 10.2. The van der Waals surface area contributed by atoms with Crippen LogP contribution < -0.4 is 5.32 Å². The number of furan rings is 1. The molecule has 1 aromatic rings. The van der Waals surface area contributed by atoms with Gasteiger partial charge in [0.05, 0.1) is 19.8 Å². The number of carbonyl (C=O) groups is 1. The van der Waals surface area contributed by atoms with E-state index in [0.717, 1.165) is 0 Å². The molecule has 3 N–H and O–H groups in total. The summed E-state index contributed by atoms with van der Waals surface area (Å²) in [6.07, 6.45) is 0. The maximum atomic E-state index is 11.7. The zero-order valence-electron chi connectivity index (χ0n) is 11.6. The molecule has 0 aliphatic carbocycles. The Labute approximate surface area is 117 Å². The van der Waals surface area contributed by atoms with Gasteiger partial charge in [0, 0.05) is 6.54 Å². The largest absolute Gasteiger partial charge is 0.443 e. The van der Waals surface area contributed by atoms with Crippen molar-refractivity contribution in [3.8, 4) is 11.8 Å². The lowest BCUT2D eigenvalue weighted by Crippen LogP contribution is -2.27. The van der Waals surface area contributed by atoms with Crippen molar-refractivity contribution in [1.82, 2.24) is 5.32 Å². The molecule has 0 unspecified atom stereocenters. The Bertz CT molecular complexity index is 490. The van der Waals surface area contributed by atoms with E-state index in [2.05, 4.69) is 17.2 Å². The number of hydrogen-bond acceptors (Lipinski definition) is 5. The number of aliphatic hydroxyl groups excluding tert-OH is 1. The van der Waals surface area contributed by atoms with Crippen molar-refractivity contribution in [2.24, 2.45) is 0 Å². The zero-order chi connectivity index (χ0) is 15.0. The monoisotopic (exact) mass is 281 g/mol. The number of hydrogen-bond donors (Lipinski definition) is 3. The lowest BCUT2D eigenvalue weighted by molar-refractivity contribution is 0.0821. The van der Waals surface area contributed by atoms with Crippen LogP contribution in [-0.4, -0.2) is 48.1 Å². The second-order valence-electron chi connectivity index (χ2n) is 4.56. The van der Waals surface area contributed by atoms with Crippen LogP contribution in [0.2, 0.25) is 0 Å². The molecule has 0 aliphatic rings. The molecule has 0 spiro atoms. The van der Waals surface area contributed by atoms with Gasteiger partial charge in [0.2, 0.25) is 0 Å². The Morgan fingerprint density at radius 1 is 1.45 bits per heavy atom. The molecule has 6 heteroatoms. The minimum Gasteiger partial charge on any atom is -0.443 e. The topological polar surface area (TPSA) is 91.9 Å². The Morgan fingerprint density at radius 3 is 2.85 bits per heavy atom. The van der Waals surface area contributed by atoms with Crippen LogP contribution in [0.25, 0.3) is 0 Å². The van der Waals surface area contributed by atoms with Gasteiger partial charge in [-0.05, 0) is 31.9 Å². The van der Waals surface area contributed by atoms with Crippen LogP contribution in [0.15, 0.2) is 16.5 Å². The van der Waals surface area contributed by atoms with Crippen LogP contribution >= 0.6 is 0 Å². The minimum atomic E-state index is -1.11. The van der Waals surface area contributed by atoms with Crippen LogP contribution in [0.3, 0.4) is 0 Å². The molecule has 1 aromatic heterocycles. The molecule has 0 atom stereocenters. The highest BCUT2D eigenvalue weighted by Gasteiger charge is 2.10. The fourth-order valence-electron chi connectivity index (χ4n) is 1.23. The molecule has 0 saturated heterocycles. The van der Waals surface area contributed by atoms with E-state index >= 15 is 0 Å². The summed E-state index contributed by atoms with van der Waals surface area (Å²) in [6.45, 7) is 3.96. The fourth-order valence-corrected chi connectivity index (χ4v) is 1.23. The highest BCUT2D eigenvalue weighted by molar-refractivity contribution is 5.91. The summed E-state index contributed by atoms with van der Waals surface area (Å²) in [5, 5.41) is 20.6. The molecule has 0 aromatic carbocycles. The molecule has 0 saturated carbocycles. The standard InChI is InChI=1S/C14H19NO5/c1-14(2,18)6-5-11-3-4-12(20-11)13(17)15-7-9-19-10-8-16/h3-4,16,18H,7-10H2,1-2H3,(H,15,17). The van der Waals surface area contributed by atoms with Gasteiger partial charge in [-0.25, -0.2) is 0 Å². The van der Waals surface area contributed by atoms with Gasteiger partial charge in [-0.15, -0.1) is 0 Å². The first-order chi connectivity index (χ1) is 9.42. The van der Waals surface area contributed by atoms with E-state index in [1.807, 2.05) is 0 Å². The van der Waals surface area contributed by atoms with E-state index in [1.165, 1.54) is 6.07 Å². The molecular formula is C14H19NO5. The molecule has 1 rings (SSSR count). The minimum absolute atomic E-state index is 0.0463. The number of amides is 1. The predicted octanol–water partition coefficient (Wildman–Crippen LogP) is 0.141. The second-order valence-corrected chi connectivity index (χ2v) is 4.56. The molecule has 110 valence electrons. The highest BCUT2D eigenvalue weighted by Crippen LogP contribution is 2.07. The third-order valence-corrected chi connectivity index (χ3v) is 2.09. The molecule has 1 amide bonds. The summed E-state index contributed by atoms with van der Waals surface area (Å²) in [7, 11) is 0. The average molecular weight is 281 g/mol. The number of rotatable bonds is 6. The summed E-state index contributed by atoms with van der Waals surface area (Å²) in [6, 6.07) is 3.08. The first-order valence-electron chi connectivity index (χ1n) is 6.24. The van der Waals surface area contributed by atoms with E-state index < -0.39 is 5.60 Å². The van der Waals surface area contributed by atoms with Gasteiger partial charge in [-0.3, -0.25) is 4.79 Å². The molecule has 20 heavy (non-hydrogen) atoms. The highest BCUT2D eigenvalue weighted by atomic mass is 16.5. The number of ether oxygens (including phenoxy) is 1. The van der Waals surface area contributed by atoms with Crippen molar-refractivity contribution in [3.05, 3.63) is 23.7 Å². The van der Waals surface area contributed by atoms with Crippen molar-refractivity contribution < 1.29 is 24.2 Å². The van der Waals surface area contributed by atoms with Gasteiger partial charge >= 0.3 is 0 Å². The Morgan fingerprint density at radius 2 is 2.20 bits per heavy atom. The van der Waals surface area contributed by atoms with Gasteiger partial charge in [0.25, 0.3) is 5.91 Å². The maximum Gasteiger partial charge on any atom is 0.287 e. The molecule has 1 heterocycles. The first-order valence-corrected chi connectivity index (χ1v) is 6.24. The number of aliphatic hydroxyl groups is 2. The Kier molecular flexibility index (Phi) is 6.25. The third-order valence-electron chi connectivity index (χ3n) is 2.09. The molecule has 0 fully saturated rings. The predicted molar refractivity (Wildman–Crippen MR) is 72.1 cm³/mol. The maximum absolute atomic E-state index is 11.7. The van der Waals surface area contributed by atoms with Gasteiger partial charge in [0.15, 0.2) is 11.5 Å². The molecular weight excluding hydrogens is 262 g/mol. The Hall–Kier alpha value is -1.81. The Balaban J connectivity index is 2.46. The van der Waals surface area contributed by atoms with E-state index in [-0.39, 0.29) is 24.9 Å². The molecule has 0 radical (unpaired) electrons. The van der Waals surface area contributed by atoms with E-state index in [4.69, 9.17) is 14.3 Å². The molecule has 6 nitrogen and oxygen atoms in total. The van der Waals surface area contributed by atoms with E-state index in [1.54, 1.807) is 19.9 Å². The lowest BCUT2D eigenvalue weighted by atomic mass is 10.1. The lowest BCUT2D eigenvalue weighted by Gasteiger charge is -2.05. The van der Waals surface area contributed by atoms with Crippen molar-refractivity contribution in [2.75, 3.05) is 26.4 Å². The summed E-state index contributed by atoms with van der Waals surface area (Å²) in [5.74, 6) is 5.33. The van der Waals surface area contributed by atoms with Gasteiger partial charge in [-0.2, -0.15) is 0 Å². The number of nitrogens with one attached hydrogen (secondary N) is 1. The third kappa shape index (κ3) is 6.38. The van der Waals surface area contributed by atoms with Crippen molar-refractivity contribution >= 4 is 5.91 Å². The summed E-state index contributed by atoms with van der Waals surface area (Å²) >= 11 is 0. The van der Waals surface area contributed by atoms with Crippen molar-refractivity contribution in [2.45, 2.75) is 19.4 Å². The van der Waals surface area contributed by atoms with Gasteiger partial charge in [0.1, 0.15) is 5.60 Å². The average Bonchev–Trinajstić information content (AvgIpc) is 2.84. The second kappa shape index (κ2) is 7.70. The smallest absolute Gasteiger partial charge is 0.287 e. The molecule has 0 aliphatic heterocycles. The van der Waals surface area contributed by atoms with Crippen LogP contribution in [0.4, 0.5) is 0 Å². The van der Waals surface area contributed by atoms with E-state index in [0.29, 0.717) is 18.9 Å². The van der Waals surface area contributed by atoms with Gasteiger partial charge in [-0.1, -0.05) is 5.92 Å². The van der Waals surface area contributed by atoms with E-state index in [9.17, 15) is 9.90 Å². The summed E-state index contributed by atoms with van der Waals surface area (Å²) in [4.78, 5) is 11.7. The van der Waals surface area contributed by atoms with Crippen LogP contribution in [-0.2, 0) is 4.74 Å². The van der Waals surface area contributed by atoms with Crippen LogP contribution in [0, 0.1) is 11.8 Å². The zero-order valence-corrected chi connectivity index (χ0v) is 11.6. The fraction of sp³-hybridized carbons (Fsp3) is 0.500. The van der Waals surface area contributed by atoms with Crippen LogP contribution in [0.1, 0.15) is 30.2 Å². The van der Waals surface area contributed by atoms with Gasteiger partial charge < -0.3 is 24.7 Å². The molecule has 0 bridgehead atoms. The number of carbonyl (C=O) groups excluding carboxylic acids is 1. The summed E-state index contributed by atoms with van der Waals surface area (Å²) in [5.41, 5.74) is -1.11. The first kappa shape index (κ1) is 16.2. The SMILES string of the molecule is CC(C)(O)C#Cc1ccc(C(=O)NCCOCCO)o1. The normalized spacial score (nSPS) is 10.8. The van der Waals surface area contributed by atoms with Crippen molar-refractivity contribution in [3.63, 3.8) is 0 Å². The van der Waals surface area contributed by atoms with Crippen molar-refractivity contribution in [1.29, 1.82) is 0 Å².